The first-order valence-electron chi connectivity index (χ1n) is 13.6. The maximum Gasteiger partial charge on any atom is 0.416 e. The second-order valence-corrected chi connectivity index (χ2v) is 8.89. The molecule has 1 saturated heterocycles. The third-order valence-electron chi connectivity index (χ3n) is 6.26. The van der Waals surface area contributed by atoms with E-state index in [0.717, 1.165) is 55.6 Å². The van der Waals surface area contributed by atoms with Gasteiger partial charge in [-0.1, -0.05) is 38.7 Å². The minimum atomic E-state index is -4.43. The molecule has 0 bridgehead atoms. The molecular formula is C31H39F3N6O. The molecule has 2 heterocycles. The highest BCUT2D eigenvalue weighted by Gasteiger charge is 2.34. The first kappa shape index (κ1) is 33.1. The van der Waals surface area contributed by atoms with Crippen molar-refractivity contribution < 1.29 is 18.0 Å². The van der Waals surface area contributed by atoms with Crippen LogP contribution in [-0.4, -0.2) is 61.0 Å². The first-order valence-corrected chi connectivity index (χ1v) is 13.6. The molecular weight excluding hydrogens is 529 g/mol. The van der Waals surface area contributed by atoms with Crippen LogP contribution < -0.4 is 16.4 Å². The molecule has 0 spiro atoms. The summed E-state index contributed by atoms with van der Waals surface area (Å²) in [7, 11) is 1.89. The molecule has 0 unspecified atom stereocenters. The Balaban J connectivity index is 0.000000278. The number of carbonyl (C=O) groups excluding carboxylic acids is 1. The number of nitrogens with zero attached hydrogens (tertiary/aromatic N) is 3. The number of aromatic nitrogens is 1. The fraction of sp³-hybridized carbons (Fsp3) is 0.355. The van der Waals surface area contributed by atoms with Gasteiger partial charge in [-0.25, -0.2) is 4.98 Å². The molecule has 4 N–H and O–H groups in total. The van der Waals surface area contributed by atoms with E-state index >= 15 is 0 Å². The van der Waals surface area contributed by atoms with E-state index < -0.39 is 11.7 Å². The summed E-state index contributed by atoms with van der Waals surface area (Å²) in [6, 6.07) is 15.5. The van der Waals surface area contributed by atoms with Crippen LogP contribution in [0.15, 0.2) is 60.8 Å². The van der Waals surface area contributed by atoms with E-state index in [1.54, 1.807) is 12.3 Å². The van der Waals surface area contributed by atoms with E-state index in [1.165, 1.54) is 12.1 Å². The minimum absolute atomic E-state index is 0.155. The number of hydrogen-bond donors (Lipinski definition) is 3. The van der Waals surface area contributed by atoms with Crippen molar-refractivity contribution in [3.05, 3.63) is 83.0 Å². The highest BCUT2D eigenvalue weighted by Crippen LogP contribution is 2.34. The topological polar surface area (TPSA) is 86.5 Å². The monoisotopic (exact) mass is 568 g/mol. The van der Waals surface area contributed by atoms with Crippen molar-refractivity contribution in [1.82, 2.24) is 14.8 Å². The molecule has 1 aliphatic rings. The summed E-state index contributed by atoms with van der Waals surface area (Å²) in [5.74, 6) is 6.62. The van der Waals surface area contributed by atoms with Crippen LogP contribution >= 0.6 is 0 Å². The number of carbonyl (C=O) groups is 1. The van der Waals surface area contributed by atoms with Crippen molar-refractivity contribution >= 4 is 23.6 Å². The van der Waals surface area contributed by atoms with Gasteiger partial charge >= 0.3 is 6.18 Å². The number of amides is 1. The molecule has 1 amide bonds. The highest BCUT2D eigenvalue weighted by atomic mass is 19.4. The number of anilines is 3. The van der Waals surface area contributed by atoms with Crippen LogP contribution in [0.2, 0.25) is 0 Å². The summed E-state index contributed by atoms with van der Waals surface area (Å²) >= 11 is 0. The van der Waals surface area contributed by atoms with E-state index in [1.807, 2.05) is 56.1 Å². The average molecular weight is 569 g/mol. The summed E-state index contributed by atoms with van der Waals surface area (Å²) < 4.78 is 39.6. The molecule has 0 saturated carbocycles. The lowest BCUT2D eigenvalue weighted by Crippen LogP contribution is -2.45. The number of hydrogen-bond acceptors (Lipinski definition) is 6. The largest absolute Gasteiger partial charge is 0.416 e. The third kappa shape index (κ3) is 11.1. The van der Waals surface area contributed by atoms with Gasteiger partial charge in [0, 0.05) is 68.5 Å². The first-order chi connectivity index (χ1) is 19.7. The number of nitrogens with two attached hydrogens (primary N) is 1. The van der Waals surface area contributed by atoms with Gasteiger partial charge in [0.05, 0.1) is 5.56 Å². The fourth-order valence-electron chi connectivity index (χ4n) is 3.98. The molecule has 1 fully saturated rings. The van der Waals surface area contributed by atoms with Crippen LogP contribution in [0.4, 0.5) is 30.4 Å². The maximum absolute atomic E-state index is 13.2. The van der Waals surface area contributed by atoms with Crippen molar-refractivity contribution in [2.45, 2.75) is 33.5 Å². The molecule has 1 aromatic heterocycles. The molecule has 10 heteroatoms. The van der Waals surface area contributed by atoms with Crippen molar-refractivity contribution in [2.24, 2.45) is 0 Å². The normalized spacial score (nSPS) is 13.3. The molecule has 220 valence electrons. The van der Waals surface area contributed by atoms with Crippen molar-refractivity contribution in [3.63, 3.8) is 0 Å². The van der Waals surface area contributed by atoms with E-state index in [-0.39, 0.29) is 17.8 Å². The molecule has 0 radical (unpaired) electrons. The number of alkyl halides is 3. The summed E-state index contributed by atoms with van der Waals surface area (Å²) in [5, 5.41) is 5.33. The van der Waals surface area contributed by atoms with Crippen LogP contribution in [0, 0.1) is 11.8 Å². The van der Waals surface area contributed by atoms with E-state index in [2.05, 4.69) is 39.3 Å². The summed E-state index contributed by atoms with van der Waals surface area (Å²) in [5.41, 5.74) is 8.12. The van der Waals surface area contributed by atoms with Crippen LogP contribution in [-0.2, 0) is 17.5 Å². The SMILES string of the molecule is CC.CCN1CCN(Cc2ccc(NC=O)cc2C(F)(F)F)CC1.CNc1ccc(C#Cc2ccc(N)nc2)cc1. The Morgan fingerprint density at radius 2 is 1.51 bits per heavy atom. The van der Waals surface area contributed by atoms with Crippen molar-refractivity contribution in [2.75, 3.05) is 56.1 Å². The van der Waals surface area contributed by atoms with Crippen LogP contribution in [0.5, 0.6) is 0 Å². The van der Waals surface area contributed by atoms with Gasteiger partial charge in [-0.3, -0.25) is 9.69 Å². The number of likely N-dealkylation sites (N-methyl/N-ethyl adjacent to an activating group) is 1. The zero-order valence-electron chi connectivity index (χ0n) is 24.1. The number of benzene rings is 2. The zero-order valence-corrected chi connectivity index (χ0v) is 24.1. The highest BCUT2D eigenvalue weighted by molar-refractivity contribution is 5.71. The quantitative estimate of drug-likeness (QED) is 0.267. The second kappa shape index (κ2) is 16.9. The fourth-order valence-corrected chi connectivity index (χ4v) is 3.98. The Morgan fingerprint density at radius 1 is 0.927 bits per heavy atom. The van der Waals surface area contributed by atoms with Gasteiger partial charge in [0.1, 0.15) is 5.82 Å². The molecule has 1 aliphatic heterocycles. The molecule has 3 aromatic rings. The Morgan fingerprint density at radius 3 is 2.05 bits per heavy atom. The molecule has 0 aliphatic carbocycles. The molecule has 7 nitrogen and oxygen atoms in total. The van der Waals surface area contributed by atoms with Crippen molar-refractivity contribution in [3.8, 4) is 11.8 Å². The summed E-state index contributed by atoms with van der Waals surface area (Å²) in [4.78, 5) is 18.7. The molecule has 41 heavy (non-hydrogen) atoms. The lowest BCUT2D eigenvalue weighted by atomic mass is 10.0. The summed E-state index contributed by atoms with van der Waals surface area (Å²) in [6.07, 6.45) is -2.38. The van der Waals surface area contributed by atoms with Gasteiger partial charge in [-0.2, -0.15) is 13.2 Å². The van der Waals surface area contributed by atoms with Gasteiger partial charge in [0.15, 0.2) is 0 Å². The number of pyridine rings is 1. The van der Waals surface area contributed by atoms with Crippen LogP contribution in [0.25, 0.3) is 0 Å². The van der Waals surface area contributed by atoms with E-state index in [9.17, 15) is 18.0 Å². The predicted octanol–water partition coefficient (Wildman–Crippen LogP) is 5.54. The average Bonchev–Trinajstić information content (AvgIpc) is 2.99. The van der Waals surface area contributed by atoms with Crippen LogP contribution in [0.3, 0.4) is 0 Å². The third-order valence-corrected chi connectivity index (χ3v) is 6.26. The zero-order chi connectivity index (χ0) is 30.3. The smallest absolute Gasteiger partial charge is 0.388 e. The van der Waals surface area contributed by atoms with Crippen molar-refractivity contribution in [1.29, 1.82) is 0 Å². The molecule has 2 aromatic carbocycles. The Labute approximate surface area is 240 Å². The number of nitrogen functional groups attached to an aromatic ring is 1. The van der Waals surface area contributed by atoms with Gasteiger partial charge < -0.3 is 21.3 Å². The minimum Gasteiger partial charge on any atom is -0.388 e. The number of nitrogens with one attached hydrogen (secondary N) is 2. The lowest BCUT2D eigenvalue weighted by Gasteiger charge is -2.34. The van der Waals surface area contributed by atoms with Crippen LogP contribution in [0.1, 0.15) is 43.0 Å². The maximum atomic E-state index is 13.2. The van der Waals surface area contributed by atoms with Gasteiger partial charge in [0.2, 0.25) is 6.41 Å². The molecule has 4 rings (SSSR count). The van der Waals surface area contributed by atoms with Gasteiger partial charge in [-0.15, -0.1) is 0 Å². The van der Waals surface area contributed by atoms with E-state index in [0.29, 0.717) is 12.2 Å². The number of rotatable bonds is 6. The Kier molecular flexibility index (Phi) is 13.7. The van der Waals surface area contributed by atoms with Gasteiger partial charge in [-0.05, 0) is 60.6 Å². The lowest BCUT2D eigenvalue weighted by molar-refractivity contribution is -0.138. The Bertz CT molecular complexity index is 1260. The van der Waals surface area contributed by atoms with Gasteiger partial charge in [0.25, 0.3) is 0 Å². The Hall–Kier alpha value is -4.07. The molecule has 0 atom stereocenters. The standard InChI is InChI=1S/C15H20F3N3O.C14H13N3.C2H6/c1-2-20-5-7-21(8-6-20)10-12-3-4-13(19-11-22)9-14(12)15(16,17)18;1-16-13-7-4-11(5-8-13)2-3-12-6-9-14(15)17-10-12;1-2/h3-4,9,11H,2,5-8,10H2,1H3,(H,19,22);4-10,16H,1H3,(H2,15,17);1-2H3. The summed E-state index contributed by atoms with van der Waals surface area (Å²) in [6.45, 7) is 10.6. The number of halogens is 3. The second-order valence-electron chi connectivity index (χ2n) is 8.89. The number of piperazine rings is 1. The predicted molar refractivity (Wildman–Crippen MR) is 160 cm³/mol. The van der Waals surface area contributed by atoms with E-state index in [4.69, 9.17) is 5.73 Å².